The largest absolute Gasteiger partial charge is 0.394 e. The zero-order valence-corrected chi connectivity index (χ0v) is 40.3. The molecular formula is C52H99NO10. The van der Waals surface area contributed by atoms with Crippen molar-refractivity contribution >= 4 is 5.91 Å². The number of ether oxygens (including phenoxy) is 2. The standard InChI is InChI=1S/C52H99NO10/c1-3-5-7-9-11-13-15-17-19-21-22-23-24-26-28-30-32-34-36-38-40-45(56)51(61)53-43(42-62-52-50(60)49(59)48(58)46(41-54)63-52)47(57)44(55)39-37-35-33-31-29-27-25-20-18-16-14-12-10-8-6-4-2/h5,7,11,13,43-50,52,54-60H,3-4,6,8-10,12,14-42H2,1-2H3,(H,53,61)/b7-5-,13-11-. The summed E-state index contributed by atoms with van der Waals surface area (Å²) in [4.78, 5) is 13.1. The van der Waals surface area contributed by atoms with Gasteiger partial charge in [0.05, 0.1) is 25.4 Å². The van der Waals surface area contributed by atoms with E-state index in [-0.39, 0.29) is 6.42 Å². The molecule has 0 saturated carbocycles. The van der Waals surface area contributed by atoms with Gasteiger partial charge < -0.3 is 50.5 Å². The average molecular weight is 898 g/mol. The van der Waals surface area contributed by atoms with Crippen molar-refractivity contribution in [1.82, 2.24) is 5.32 Å². The Morgan fingerprint density at radius 1 is 0.571 bits per heavy atom. The van der Waals surface area contributed by atoms with E-state index in [1.807, 2.05) is 0 Å². The SMILES string of the molecule is CC/C=C\C/C=C\CCCCCCCCCCCCCCCC(O)C(=O)NC(COC1OC(CO)C(O)C(O)C1O)C(O)C(O)CCCCCCCCCCCCCCCCCC. The summed E-state index contributed by atoms with van der Waals surface area (Å²) in [5.74, 6) is -0.696. The van der Waals surface area contributed by atoms with Gasteiger partial charge in [0, 0.05) is 0 Å². The van der Waals surface area contributed by atoms with Gasteiger partial charge in [-0.1, -0.05) is 218 Å². The van der Waals surface area contributed by atoms with Gasteiger partial charge in [-0.2, -0.15) is 0 Å². The maximum Gasteiger partial charge on any atom is 0.249 e. The van der Waals surface area contributed by atoms with Crippen molar-refractivity contribution in [3.8, 4) is 0 Å². The van der Waals surface area contributed by atoms with E-state index in [9.17, 15) is 40.5 Å². The van der Waals surface area contributed by atoms with Crippen LogP contribution in [0.15, 0.2) is 24.3 Å². The van der Waals surface area contributed by atoms with Crippen LogP contribution in [-0.2, 0) is 14.3 Å². The summed E-state index contributed by atoms with van der Waals surface area (Å²) < 4.78 is 11.1. The molecule has 0 aromatic rings. The van der Waals surface area contributed by atoms with E-state index in [0.717, 1.165) is 51.4 Å². The molecule has 11 heteroatoms. The fourth-order valence-corrected chi connectivity index (χ4v) is 8.48. The van der Waals surface area contributed by atoms with E-state index >= 15 is 0 Å². The molecule has 11 nitrogen and oxygen atoms in total. The third-order valence-electron chi connectivity index (χ3n) is 12.8. The molecule has 1 fully saturated rings. The topological polar surface area (TPSA) is 189 Å². The number of allylic oxidation sites excluding steroid dienone is 4. The Kier molecular flexibility index (Phi) is 39.7. The Hall–Kier alpha value is -1.41. The zero-order chi connectivity index (χ0) is 46.2. The number of amides is 1. The van der Waals surface area contributed by atoms with E-state index in [1.165, 1.54) is 141 Å². The number of carbonyl (C=O) groups is 1. The minimum absolute atomic E-state index is 0.260. The Morgan fingerprint density at radius 2 is 1.02 bits per heavy atom. The third kappa shape index (κ3) is 31.2. The van der Waals surface area contributed by atoms with Gasteiger partial charge in [0.1, 0.15) is 36.6 Å². The molecule has 0 radical (unpaired) electrons. The fraction of sp³-hybridized carbons (Fsp3) is 0.904. The zero-order valence-electron chi connectivity index (χ0n) is 40.3. The Balaban J connectivity index is 2.36. The molecule has 0 aliphatic carbocycles. The van der Waals surface area contributed by atoms with Crippen molar-refractivity contribution < 1.29 is 50.0 Å². The lowest BCUT2D eigenvalue weighted by Crippen LogP contribution is -2.60. The second-order valence-electron chi connectivity index (χ2n) is 18.6. The smallest absolute Gasteiger partial charge is 0.249 e. The maximum absolute atomic E-state index is 13.1. The third-order valence-corrected chi connectivity index (χ3v) is 12.8. The number of hydrogen-bond donors (Lipinski definition) is 8. The van der Waals surface area contributed by atoms with Crippen molar-refractivity contribution in [2.24, 2.45) is 0 Å². The number of carbonyl (C=O) groups excluding carboxylic acids is 1. The van der Waals surface area contributed by atoms with Crippen LogP contribution in [0.25, 0.3) is 0 Å². The van der Waals surface area contributed by atoms with Gasteiger partial charge >= 0.3 is 0 Å². The van der Waals surface area contributed by atoms with Crippen LogP contribution in [0, 0.1) is 0 Å². The average Bonchev–Trinajstić information content (AvgIpc) is 3.28. The summed E-state index contributed by atoms with van der Waals surface area (Å²) in [6.45, 7) is 3.36. The van der Waals surface area contributed by atoms with Crippen LogP contribution in [0.2, 0.25) is 0 Å². The molecule has 9 unspecified atom stereocenters. The molecule has 0 spiro atoms. The molecule has 1 heterocycles. The second-order valence-corrected chi connectivity index (χ2v) is 18.6. The highest BCUT2D eigenvalue weighted by Gasteiger charge is 2.44. The predicted octanol–water partition coefficient (Wildman–Crippen LogP) is 9.79. The molecular weight excluding hydrogens is 799 g/mol. The highest BCUT2D eigenvalue weighted by molar-refractivity contribution is 5.80. The van der Waals surface area contributed by atoms with Crippen LogP contribution in [0.1, 0.15) is 232 Å². The van der Waals surface area contributed by atoms with E-state index in [4.69, 9.17) is 9.47 Å². The second kappa shape index (κ2) is 42.0. The van der Waals surface area contributed by atoms with Crippen molar-refractivity contribution in [3.63, 3.8) is 0 Å². The van der Waals surface area contributed by atoms with Crippen LogP contribution >= 0.6 is 0 Å². The molecule has 1 aliphatic heterocycles. The Labute approximate surface area is 384 Å². The minimum Gasteiger partial charge on any atom is -0.394 e. The summed E-state index contributed by atoms with van der Waals surface area (Å²) in [7, 11) is 0. The number of nitrogens with one attached hydrogen (secondary N) is 1. The lowest BCUT2D eigenvalue weighted by atomic mass is 9.98. The fourth-order valence-electron chi connectivity index (χ4n) is 8.48. The molecule has 1 aliphatic rings. The first kappa shape index (κ1) is 59.6. The van der Waals surface area contributed by atoms with Gasteiger partial charge in [0.25, 0.3) is 0 Å². The number of unbranched alkanes of at least 4 members (excludes halogenated alkanes) is 28. The van der Waals surface area contributed by atoms with E-state index in [1.54, 1.807) is 0 Å². The molecule has 0 bridgehead atoms. The molecule has 1 rings (SSSR count). The Morgan fingerprint density at radius 3 is 1.49 bits per heavy atom. The Bertz CT molecular complexity index is 1080. The first-order valence-electron chi connectivity index (χ1n) is 26.2. The van der Waals surface area contributed by atoms with Gasteiger partial charge in [-0.05, 0) is 38.5 Å². The minimum atomic E-state index is -1.66. The van der Waals surface area contributed by atoms with Crippen molar-refractivity contribution in [2.75, 3.05) is 13.2 Å². The molecule has 0 aromatic heterocycles. The molecule has 1 amide bonds. The van der Waals surface area contributed by atoms with E-state index in [2.05, 4.69) is 43.5 Å². The predicted molar refractivity (Wildman–Crippen MR) is 256 cm³/mol. The van der Waals surface area contributed by atoms with Gasteiger partial charge in [0.15, 0.2) is 6.29 Å². The summed E-state index contributed by atoms with van der Waals surface area (Å²) in [6, 6.07) is -1.17. The molecule has 0 aromatic carbocycles. The number of aliphatic hydroxyl groups is 7. The first-order valence-corrected chi connectivity index (χ1v) is 26.2. The van der Waals surface area contributed by atoms with Gasteiger partial charge in [-0.3, -0.25) is 4.79 Å². The summed E-state index contributed by atoms with van der Waals surface area (Å²) in [6.07, 6.45) is 36.5. The molecule has 8 N–H and O–H groups in total. The highest BCUT2D eigenvalue weighted by atomic mass is 16.7. The first-order chi connectivity index (χ1) is 30.7. The van der Waals surface area contributed by atoms with Gasteiger partial charge in [0.2, 0.25) is 5.91 Å². The molecule has 9 atom stereocenters. The monoisotopic (exact) mass is 898 g/mol. The van der Waals surface area contributed by atoms with E-state index < -0.39 is 74.2 Å². The van der Waals surface area contributed by atoms with Crippen LogP contribution in [-0.4, -0.2) is 110 Å². The quantitative estimate of drug-likeness (QED) is 0.0216. The van der Waals surface area contributed by atoms with Crippen molar-refractivity contribution in [3.05, 3.63) is 24.3 Å². The summed E-state index contributed by atoms with van der Waals surface area (Å²) in [5, 5.41) is 76.0. The van der Waals surface area contributed by atoms with Gasteiger partial charge in [-0.25, -0.2) is 0 Å². The number of rotatable bonds is 44. The van der Waals surface area contributed by atoms with Crippen molar-refractivity contribution in [1.29, 1.82) is 0 Å². The van der Waals surface area contributed by atoms with Crippen LogP contribution in [0.4, 0.5) is 0 Å². The van der Waals surface area contributed by atoms with Gasteiger partial charge in [-0.15, -0.1) is 0 Å². The molecule has 1 saturated heterocycles. The maximum atomic E-state index is 13.1. The highest BCUT2D eigenvalue weighted by Crippen LogP contribution is 2.23. The summed E-state index contributed by atoms with van der Waals surface area (Å²) >= 11 is 0. The number of aliphatic hydroxyl groups excluding tert-OH is 7. The van der Waals surface area contributed by atoms with Crippen molar-refractivity contribution in [2.45, 2.75) is 287 Å². The van der Waals surface area contributed by atoms with Crippen LogP contribution in [0.5, 0.6) is 0 Å². The number of hydrogen-bond acceptors (Lipinski definition) is 10. The summed E-state index contributed by atoms with van der Waals surface area (Å²) in [5.41, 5.74) is 0. The lowest BCUT2D eigenvalue weighted by molar-refractivity contribution is -0.303. The van der Waals surface area contributed by atoms with Crippen LogP contribution in [0.3, 0.4) is 0 Å². The van der Waals surface area contributed by atoms with E-state index in [0.29, 0.717) is 19.3 Å². The lowest BCUT2D eigenvalue weighted by Gasteiger charge is -2.40. The molecule has 63 heavy (non-hydrogen) atoms. The van der Waals surface area contributed by atoms with Crippen LogP contribution < -0.4 is 5.32 Å². The molecule has 372 valence electrons. The normalized spacial score (nSPS) is 21.3.